The van der Waals surface area contributed by atoms with Crippen molar-refractivity contribution in [1.29, 1.82) is 0 Å². The van der Waals surface area contributed by atoms with Crippen LogP contribution in [0.15, 0.2) is 12.3 Å². The van der Waals surface area contributed by atoms with E-state index in [9.17, 15) is 9.59 Å². The van der Waals surface area contributed by atoms with Gasteiger partial charge < -0.3 is 10.5 Å². The fourth-order valence-electron chi connectivity index (χ4n) is 1.55. The van der Waals surface area contributed by atoms with Crippen molar-refractivity contribution >= 4 is 23.3 Å². The van der Waals surface area contributed by atoms with E-state index in [1.165, 1.54) is 6.20 Å². The van der Waals surface area contributed by atoms with Crippen molar-refractivity contribution in [1.82, 2.24) is 4.98 Å². The van der Waals surface area contributed by atoms with Crippen LogP contribution in [0.5, 0.6) is 0 Å². The summed E-state index contributed by atoms with van der Waals surface area (Å²) in [6.45, 7) is 1.54. The predicted molar refractivity (Wildman–Crippen MR) is 56.7 cm³/mol. The van der Waals surface area contributed by atoms with Crippen LogP contribution in [0.3, 0.4) is 0 Å². The number of morpholine rings is 1. The molecule has 0 unspecified atom stereocenters. The lowest BCUT2D eigenvalue weighted by Crippen LogP contribution is -2.47. The summed E-state index contributed by atoms with van der Waals surface area (Å²) in [7, 11) is 0. The summed E-state index contributed by atoms with van der Waals surface area (Å²) in [6.07, 6.45) is 1.42. The molecule has 2 heterocycles. The van der Waals surface area contributed by atoms with Gasteiger partial charge in [0.2, 0.25) is 0 Å². The number of ether oxygens (including phenoxy) is 1. The van der Waals surface area contributed by atoms with Gasteiger partial charge in [0.25, 0.3) is 11.8 Å². The molecule has 84 valence electrons. The number of nitrogens with two attached hydrogens (primary N) is 1. The van der Waals surface area contributed by atoms with Crippen LogP contribution in [0.4, 0.5) is 11.5 Å². The summed E-state index contributed by atoms with van der Waals surface area (Å²) in [5, 5.41) is 0. The maximum absolute atomic E-state index is 11.6. The number of nitrogens with zero attached hydrogens (tertiary/aromatic N) is 2. The summed E-state index contributed by atoms with van der Waals surface area (Å²) in [5.41, 5.74) is 6.73. The van der Waals surface area contributed by atoms with E-state index in [2.05, 4.69) is 4.98 Å². The largest absolute Gasteiger partial charge is 0.397 e. The van der Waals surface area contributed by atoms with Gasteiger partial charge in [0.1, 0.15) is 19.0 Å². The third kappa shape index (κ3) is 1.74. The van der Waals surface area contributed by atoms with Gasteiger partial charge in [-0.15, -0.1) is 0 Å². The second kappa shape index (κ2) is 3.90. The van der Waals surface area contributed by atoms with Crippen molar-refractivity contribution in [2.45, 2.75) is 6.92 Å². The molecule has 1 aliphatic rings. The van der Waals surface area contributed by atoms with Gasteiger partial charge in [-0.25, -0.2) is 9.88 Å². The van der Waals surface area contributed by atoms with Crippen molar-refractivity contribution in [3.8, 4) is 0 Å². The molecule has 0 atom stereocenters. The highest BCUT2D eigenvalue weighted by molar-refractivity contribution is 6.16. The molecule has 0 radical (unpaired) electrons. The van der Waals surface area contributed by atoms with Gasteiger partial charge in [0.15, 0.2) is 0 Å². The number of anilines is 2. The first-order valence-electron chi connectivity index (χ1n) is 4.75. The van der Waals surface area contributed by atoms with Crippen molar-refractivity contribution in [3.63, 3.8) is 0 Å². The number of hydrogen-bond acceptors (Lipinski definition) is 5. The fraction of sp³-hybridized carbons (Fsp3) is 0.300. The average molecular weight is 221 g/mol. The molecule has 6 nitrogen and oxygen atoms in total. The minimum absolute atomic E-state index is 0.1000. The topological polar surface area (TPSA) is 85.5 Å². The SMILES string of the molecule is Cc1cc(N)cnc1N1C(=O)COCC1=O. The first-order chi connectivity index (χ1) is 7.59. The highest BCUT2D eigenvalue weighted by atomic mass is 16.5. The Morgan fingerprint density at radius 3 is 2.56 bits per heavy atom. The van der Waals surface area contributed by atoms with Crippen LogP contribution in [0.25, 0.3) is 0 Å². The summed E-state index contributed by atoms with van der Waals surface area (Å²) in [4.78, 5) is 28.1. The number of rotatable bonds is 1. The van der Waals surface area contributed by atoms with Crippen molar-refractivity contribution in [2.24, 2.45) is 0 Å². The lowest BCUT2D eigenvalue weighted by molar-refractivity contribution is -0.138. The number of aromatic nitrogens is 1. The minimum atomic E-state index is -0.406. The molecular weight excluding hydrogens is 210 g/mol. The van der Waals surface area contributed by atoms with Crippen LogP contribution in [-0.2, 0) is 14.3 Å². The molecule has 1 fully saturated rings. The van der Waals surface area contributed by atoms with Crippen molar-refractivity contribution < 1.29 is 14.3 Å². The normalized spacial score (nSPS) is 16.7. The maximum atomic E-state index is 11.6. The van der Waals surface area contributed by atoms with E-state index in [4.69, 9.17) is 10.5 Å². The second-order valence-electron chi connectivity index (χ2n) is 3.52. The Morgan fingerprint density at radius 2 is 2.00 bits per heavy atom. The molecule has 2 N–H and O–H groups in total. The lowest BCUT2D eigenvalue weighted by Gasteiger charge is -2.25. The Bertz CT molecular complexity index is 443. The lowest BCUT2D eigenvalue weighted by atomic mass is 10.2. The Balaban J connectivity index is 2.42. The van der Waals surface area contributed by atoms with Crippen LogP contribution in [0.1, 0.15) is 5.56 Å². The number of amides is 2. The summed E-state index contributed by atoms with van der Waals surface area (Å²) in [5.74, 6) is -0.485. The number of carbonyl (C=O) groups is 2. The van der Waals surface area contributed by atoms with Crippen LogP contribution >= 0.6 is 0 Å². The molecule has 0 saturated carbocycles. The van der Waals surface area contributed by atoms with Crippen LogP contribution in [-0.4, -0.2) is 30.0 Å². The molecule has 2 amide bonds. The molecule has 1 aromatic heterocycles. The Hall–Kier alpha value is -1.95. The maximum Gasteiger partial charge on any atom is 0.261 e. The highest BCUT2D eigenvalue weighted by Gasteiger charge is 2.30. The highest BCUT2D eigenvalue weighted by Crippen LogP contribution is 2.20. The monoisotopic (exact) mass is 221 g/mol. The number of carbonyl (C=O) groups excluding carboxylic acids is 2. The molecule has 0 spiro atoms. The second-order valence-corrected chi connectivity index (χ2v) is 3.52. The zero-order chi connectivity index (χ0) is 11.7. The van der Waals surface area contributed by atoms with Gasteiger partial charge in [0, 0.05) is 0 Å². The van der Waals surface area contributed by atoms with E-state index in [-0.39, 0.29) is 13.2 Å². The number of imide groups is 1. The van der Waals surface area contributed by atoms with Crippen molar-refractivity contribution in [2.75, 3.05) is 23.8 Å². The van der Waals surface area contributed by atoms with Gasteiger partial charge in [0.05, 0.1) is 11.9 Å². The van der Waals surface area contributed by atoms with E-state index < -0.39 is 11.8 Å². The van der Waals surface area contributed by atoms with Crippen LogP contribution < -0.4 is 10.6 Å². The first kappa shape index (κ1) is 10.6. The van der Waals surface area contributed by atoms with E-state index in [0.717, 1.165) is 4.90 Å². The molecule has 6 heteroatoms. The van der Waals surface area contributed by atoms with Gasteiger partial charge in [-0.2, -0.15) is 0 Å². The Kier molecular flexibility index (Phi) is 2.57. The van der Waals surface area contributed by atoms with Crippen molar-refractivity contribution in [3.05, 3.63) is 17.8 Å². The van der Waals surface area contributed by atoms with Gasteiger partial charge >= 0.3 is 0 Å². The standard InChI is InChI=1S/C10H11N3O3/c1-6-2-7(11)3-12-10(6)13-8(14)4-16-5-9(13)15/h2-3H,4-5,11H2,1H3. The summed E-state index contributed by atoms with van der Waals surface area (Å²) in [6, 6.07) is 1.67. The predicted octanol–water partition coefficient (Wildman–Crippen LogP) is -0.138. The third-order valence-electron chi connectivity index (χ3n) is 2.23. The molecule has 0 aliphatic carbocycles. The Morgan fingerprint density at radius 1 is 1.38 bits per heavy atom. The molecule has 0 bridgehead atoms. The smallest absolute Gasteiger partial charge is 0.261 e. The molecule has 1 saturated heterocycles. The van der Waals surface area contributed by atoms with Gasteiger partial charge in [-0.3, -0.25) is 9.59 Å². The van der Waals surface area contributed by atoms with Gasteiger partial charge in [-0.05, 0) is 18.6 Å². The van der Waals surface area contributed by atoms with E-state index in [1.807, 2.05) is 0 Å². The summed E-state index contributed by atoms with van der Waals surface area (Å²) < 4.78 is 4.82. The molecule has 2 rings (SSSR count). The summed E-state index contributed by atoms with van der Waals surface area (Å²) >= 11 is 0. The first-order valence-corrected chi connectivity index (χ1v) is 4.75. The van der Waals surface area contributed by atoms with E-state index in [0.29, 0.717) is 17.1 Å². The quantitative estimate of drug-likeness (QED) is 0.667. The minimum Gasteiger partial charge on any atom is -0.397 e. The fourth-order valence-corrected chi connectivity index (χ4v) is 1.55. The third-order valence-corrected chi connectivity index (χ3v) is 2.23. The zero-order valence-corrected chi connectivity index (χ0v) is 8.77. The van der Waals surface area contributed by atoms with Crippen LogP contribution in [0.2, 0.25) is 0 Å². The number of pyridine rings is 1. The van der Waals surface area contributed by atoms with E-state index in [1.54, 1.807) is 13.0 Å². The number of hydrogen-bond donors (Lipinski definition) is 1. The number of nitrogen functional groups attached to an aromatic ring is 1. The zero-order valence-electron chi connectivity index (χ0n) is 8.77. The molecule has 16 heavy (non-hydrogen) atoms. The number of aryl methyl sites for hydroxylation is 1. The molecular formula is C10H11N3O3. The molecule has 1 aromatic rings. The molecule has 1 aliphatic heterocycles. The van der Waals surface area contributed by atoms with Gasteiger partial charge in [-0.1, -0.05) is 0 Å². The van der Waals surface area contributed by atoms with Crippen LogP contribution in [0, 0.1) is 6.92 Å². The average Bonchev–Trinajstić information content (AvgIpc) is 2.20. The molecule has 0 aromatic carbocycles. The Labute approximate surface area is 92.0 Å². The van der Waals surface area contributed by atoms with E-state index >= 15 is 0 Å².